The van der Waals surface area contributed by atoms with Crippen molar-refractivity contribution in [2.45, 2.75) is 19.8 Å². The zero-order valence-corrected chi connectivity index (χ0v) is 9.11. The van der Waals surface area contributed by atoms with Gasteiger partial charge in [0.05, 0.1) is 13.0 Å². The van der Waals surface area contributed by atoms with E-state index in [9.17, 15) is 18.7 Å². The fraction of sp³-hybridized carbons (Fsp3) is 0.400. The Balaban J connectivity index is 3.01. The number of carbonyl (C=O) groups excluding carboxylic acids is 1. The molecular formula is C10H12F2N2O3. The number of rotatable bonds is 4. The lowest BCUT2D eigenvalue weighted by Crippen LogP contribution is -2.09. The molecule has 0 fully saturated rings. The number of aromatic hydroxyl groups is 1. The number of carbonyl (C=O) groups is 1. The van der Waals surface area contributed by atoms with Crippen molar-refractivity contribution in [2.75, 3.05) is 12.3 Å². The molecule has 94 valence electrons. The lowest BCUT2D eigenvalue weighted by molar-refractivity contribution is -0.142. The molecule has 7 heteroatoms. The normalized spacial score (nSPS) is 10.6. The molecule has 1 rings (SSSR count). The highest BCUT2D eigenvalue weighted by Crippen LogP contribution is 2.28. The predicted molar refractivity (Wildman–Crippen MR) is 55.6 cm³/mol. The Labute approximate surface area is 96.2 Å². The van der Waals surface area contributed by atoms with Crippen molar-refractivity contribution in [1.29, 1.82) is 0 Å². The van der Waals surface area contributed by atoms with E-state index in [-0.39, 0.29) is 18.6 Å². The van der Waals surface area contributed by atoms with Crippen LogP contribution in [0.4, 0.5) is 14.6 Å². The lowest BCUT2D eigenvalue weighted by atomic mass is 10.1. The number of hydrogen-bond acceptors (Lipinski definition) is 5. The van der Waals surface area contributed by atoms with Gasteiger partial charge in [-0.25, -0.2) is 13.8 Å². The lowest BCUT2D eigenvalue weighted by Gasteiger charge is -2.08. The number of esters is 1. The van der Waals surface area contributed by atoms with Crippen LogP contribution in [-0.2, 0) is 16.0 Å². The van der Waals surface area contributed by atoms with E-state index >= 15 is 0 Å². The molecule has 0 radical (unpaired) electrons. The summed E-state index contributed by atoms with van der Waals surface area (Å²) >= 11 is 0. The number of nitrogen functional groups attached to an aromatic ring is 1. The van der Waals surface area contributed by atoms with Crippen molar-refractivity contribution in [3.8, 4) is 5.75 Å². The summed E-state index contributed by atoms with van der Waals surface area (Å²) in [5.74, 6) is -1.53. The molecule has 0 aromatic carbocycles. The zero-order valence-electron chi connectivity index (χ0n) is 9.11. The predicted octanol–water partition coefficient (Wildman–Crippen LogP) is 1.41. The van der Waals surface area contributed by atoms with E-state index in [4.69, 9.17) is 5.73 Å². The molecule has 0 amide bonds. The molecular weight excluding hydrogens is 234 g/mol. The van der Waals surface area contributed by atoms with Crippen LogP contribution in [0, 0.1) is 0 Å². The highest BCUT2D eigenvalue weighted by atomic mass is 19.3. The Kier molecular flexibility index (Phi) is 4.19. The number of nitrogens with zero attached hydrogens (tertiary/aromatic N) is 1. The molecule has 0 atom stereocenters. The number of anilines is 1. The Hall–Kier alpha value is -1.92. The summed E-state index contributed by atoms with van der Waals surface area (Å²) in [5.41, 5.74) is 4.66. The number of aromatic nitrogens is 1. The average Bonchev–Trinajstić information content (AvgIpc) is 2.24. The molecule has 1 aromatic heterocycles. The minimum atomic E-state index is -2.82. The molecule has 0 aliphatic heterocycles. The summed E-state index contributed by atoms with van der Waals surface area (Å²) in [6.07, 6.45) is -3.15. The first-order chi connectivity index (χ1) is 7.95. The summed E-state index contributed by atoms with van der Waals surface area (Å²) in [4.78, 5) is 14.5. The Morgan fingerprint density at radius 2 is 2.29 bits per heavy atom. The van der Waals surface area contributed by atoms with Crippen molar-refractivity contribution in [3.05, 3.63) is 17.3 Å². The van der Waals surface area contributed by atoms with Crippen LogP contribution in [-0.4, -0.2) is 22.7 Å². The summed E-state index contributed by atoms with van der Waals surface area (Å²) in [6.45, 7) is 1.78. The monoisotopic (exact) mass is 246 g/mol. The molecule has 17 heavy (non-hydrogen) atoms. The van der Waals surface area contributed by atoms with Crippen LogP contribution < -0.4 is 5.73 Å². The van der Waals surface area contributed by atoms with Crippen molar-refractivity contribution in [1.82, 2.24) is 4.98 Å². The summed E-state index contributed by atoms with van der Waals surface area (Å²) in [5, 5.41) is 9.48. The van der Waals surface area contributed by atoms with Gasteiger partial charge in [-0.05, 0) is 13.0 Å². The second-order valence-electron chi connectivity index (χ2n) is 3.22. The van der Waals surface area contributed by atoms with E-state index in [2.05, 4.69) is 9.72 Å². The summed E-state index contributed by atoms with van der Waals surface area (Å²) in [6, 6.07) is 0.938. The molecule has 0 spiro atoms. The van der Waals surface area contributed by atoms with Crippen LogP contribution in [0.2, 0.25) is 0 Å². The van der Waals surface area contributed by atoms with Gasteiger partial charge in [0.15, 0.2) is 11.6 Å². The zero-order chi connectivity index (χ0) is 13.0. The van der Waals surface area contributed by atoms with Gasteiger partial charge in [0.2, 0.25) is 0 Å². The van der Waals surface area contributed by atoms with Crippen LogP contribution in [0.15, 0.2) is 6.07 Å². The van der Waals surface area contributed by atoms with Gasteiger partial charge in [-0.1, -0.05) is 0 Å². The fourth-order valence-corrected chi connectivity index (χ4v) is 1.25. The van der Waals surface area contributed by atoms with E-state index in [1.54, 1.807) is 6.92 Å². The van der Waals surface area contributed by atoms with Crippen LogP contribution in [0.3, 0.4) is 0 Å². The van der Waals surface area contributed by atoms with Gasteiger partial charge in [0, 0.05) is 5.56 Å². The van der Waals surface area contributed by atoms with Gasteiger partial charge in [-0.15, -0.1) is 0 Å². The third-order valence-corrected chi connectivity index (χ3v) is 1.98. The smallest absolute Gasteiger partial charge is 0.310 e. The van der Waals surface area contributed by atoms with E-state index in [0.29, 0.717) is 0 Å². The maximum Gasteiger partial charge on any atom is 0.310 e. The molecule has 1 aromatic rings. The number of hydrogen-bond donors (Lipinski definition) is 2. The van der Waals surface area contributed by atoms with Gasteiger partial charge in [0.1, 0.15) is 5.69 Å². The van der Waals surface area contributed by atoms with Crippen molar-refractivity contribution >= 4 is 11.8 Å². The highest BCUT2D eigenvalue weighted by Gasteiger charge is 2.17. The number of ether oxygens (including phenoxy) is 1. The largest absolute Gasteiger partial charge is 0.504 e. The van der Waals surface area contributed by atoms with Crippen molar-refractivity contribution in [2.24, 2.45) is 0 Å². The van der Waals surface area contributed by atoms with E-state index in [1.165, 1.54) is 0 Å². The number of nitrogens with two attached hydrogens (primary N) is 1. The SMILES string of the molecule is CCOC(=O)Cc1cc(C(F)F)nc(N)c1O. The molecule has 5 nitrogen and oxygen atoms in total. The number of halogens is 2. The van der Waals surface area contributed by atoms with Gasteiger partial charge >= 0.3 is 5.97 Å². The van der Waals surface area contributed by atoms with Crippen molar-refractivity contribution < 1.29 is 23.4 Å². The topological polar surface area (TPSA) is 85.4 Å². The number of pyridine rings is 1. The second-order valence-corrected chi connectivity index (χ2v) is 3.22. The van der Waals surface area contributed by atoms with Gasteiger partial charge in [-0.3, -0.25) is 4.79 Å². The van der Waals surface area contributed by atoms with Gasteiger partial charge in [-0.2, -0.15) is 0 Å². The quantitative estimate of drug-likeness (QED) is 0.784. The van der Waals surface area contributed by atoms with Crippen LogP contribution in [0.5, 0.6) is 5.75 Å². The standard InChI is InChI=1S/C10H12F2N2O3/c1-2-17-7(15)4-5-3-6(9(11)12)14-10(13)8(5)16/h3,9,16H,2,4H2,1H3,(H2,13,14). The minimum absolute atomic E-state index is 0.0220. The highest BCUT2D eigenvalue weighted by molar-refractivity contribution is 5.74. The molecule has 0 aliphatic rings. The van der Waals surface area contributed by atoms with Crippen LogP contribution in [0.25, 0.3) is 0 Å². The maximum atomic E-state index is 12.4. The first kappa shape index (κ1) is 13.1. The molecule has 0 saturated carbocycles. The molecule has 1 heterocycles. The Bertz CT molecular complexity index is 424. The minimum Gasteiger partial charge on any atom is -0.504 e. The van der Waals surface area contributed by atoms with Crippen LogP contribution in [0.1, 0.15) is 24.6 Å². The van der Waals surface area contributed by atoms with Crippen molar-refractivity contribution in [3.63, 3.8) is 0 Å². The first-order valence-electron chi connectivity index (χ1n) is 4.87. The van der Waals surface area contributed by atoms with Gasteiger partial charge in [0.25, 0.3) is 6.43 Å². The Morgan fingerprint density at radius 1 is 1.65 bits per heavy atom. The summed E-state index contributed by atoms with van der Waals surface area (Å²) < 4.78 is 29.5. The molecule has 0 bridgehead atoms. The third-order valence-electron chi connectivity index (χ3n) is 1.98. The van der Waals surface area contributed by atoms with E-state index < -0.39 is 29.7 Å². The molecule has 0 saturated heterocycles. The van der Waals surface area contributed by atoms with E-state index in [0.717, 1.165) is 6.07 Å². The second kappa shape index (κ2) is 5.42. The summed E-state index contributed by atoms with van der Waals surface area (Å²) in [7, 11) is 0. The molecule has 3 N–H and O–H groups in total. The number of alkyl halides is 2. The Morgan fingerprint density at radius 3 is 2.82 bits per heavy atom. The molecule has 0 unspecified atom stereocenters. The maximum absolute atomic E-state index is 12.4. The van der Waals surface area contributed by atoms with E-state index in [1.807, 2.05) is 0 Å². The van der Waals surface area contributed by atoms with Crippen LogP contribution >= 0.6 is 0 Å². The van der Waals surface area contributed by atoms with Gasteiger partial charge < -0.3 is 15.6 Å². The average molecular weight is 246 g/mol. The molecule has 0 aliphatic carbocycles. The fourth-order valence-electron chi connectivity index (χ4n) is 1.25. The first-order valence-corrected chi connectivity index (χ1v) is 4.87. The third kappa shape index (κ3) is 3.27.